The van der Waals surface area contributed by atoms with Gasteiger partial charge in [-0.05, 0) is 6.07 Å². The molecule has 2 N–H and O–H groups in total. The molecule has 0 atom stereocenters. The van der Waals surface area contributed by atoms with E-state index in [9.17, 15) is 8.42 Å². The topological polar surface area (TPSA) is 74.8 Å². The highest BCUT2D eigenvalue weighted by Crippen LogP contribution is 1.92. The molecule has 1 heterocycles. The number of nitrogens with one attached hydrogen (secondary N) is 2. The fraction of sp³-hybridized carbons (Fsp3) is 0.286. The average Bonchev–Trinajstić information content (AvgIpc) is 2.52. The molecule has 0 aliphatic heterocycles. The Hall–Kier alpha value is -1.14. The SMILES string of the molecule is C=CCS(=O)(=O)NCc1ccn[nH]1. The molecular formula is C7H11N3O2S. The van der Waals surface area contributed by atoms with Crippen molar-refractivity contribution in [2.45, 2.75) is 6.54 Å². The largest absolute Gasteiger partial charge is 0.281 e. The molecule has 0 radical (unpaired) electrons. The Labute approximate surface area is 76.9 Å². The van der Waals surface area contributed by atoms with Crippen LogP contribution in [0.1, 0.15) is 5.69 Å². The van der Waals surface area contributed by atoms with E-state index < -0.39 is 10.0 Å². The summed E-state index contributed by atoms with van der Waals surface area (Å²) in [6.07, 6.45) is 2.91. The monoisotopic (exact) mass is 201 g/mol. The lowest BCUT2D eigenvalue weighted by Crippen LogP contribution is -2.25. The molecule has 0 aliphatic carbocycles. The molecule has 1 aromatic rings. The van der Waals surface area contributed by atoms with Gasteiger partial charge in [0.1, 0.15) is 0 Å². The fourth-order valence-corrected chi connectivity index (χ4v) is 1.59. The van der Waals surface area contributed by atoms with E-state index in [2.05, 4.69) is 21.5 Å². The maximum Gasteiger partial charge on any atom is 0.215 e. The molecular weight excluding hydrogens is 190 g/mol. The van der Waals surface area contributed by atoms with Gasteiger partial charge >= 0.3 is 0 Å². The summed E-state index contributed by atoms with van der Waals surface area (Å²) in [6, 6.07) is 1.70. The number of H-pyrrole nitrogens is 1. The molecule has 0 fully saturated rings. The first-order valence-corrected chi connectivity index (χ1v) is 5.36. The molecule has 0 saturated heterocycles. The van der Waals surface area contributed by atoms with Crippen LogP contribution >= 0.6 is 0 Å². The van der Waals surface area contributed by atoms with E-state index in [1.165, 1.54) is 6.08 Å². The number of sulfonamides is 1. The van der Waals surface area contributed by atoms with Crippen LogP contribution in [-0.2, 0) is 16.6 Å². The number of aromatic amines is 1. The van der Waals surface area contributed by atoms with E-state index in [4.69, 9.17) is 0 Å². The normalized spacial score (nSPS) is 11.4. The molecule has 1 rings (SSSR count). The first kappa shape index (κ1) is 9.94. The molecule has 72 valence electrons. The Balaban J connectivity index is 2.47. The Morgan fingerprint density at radius 3 is 3.00 bits per heavy atom. The zero-order valence-electron chi connectivity index (χ0n) is 7.03. The number of hydrogen-bond acceptors (Lipinski definition) is 3. The van der Waals surface area contributed by atoms with Crippen LogP contribution in [0.5, 0.6) is 0 Å². The minimum Gasteiger partial charge on any atom is -0.281 e. The summed E-state index contributed by atoms with van der Waals surface area (Å²) in [5.74, 6) is -0.0683. The number of aromatic nitrogens is 2. The van der Waals surface area contributed by atoms with E-state index in [1.54, 1.807) is 12.3 Å². The predicted molar refractivity (Wildman–Crippen MR) is 49.4 cm³/mol. The van der Waals surface area contributed by atoms with Crippen molar-refractivity contribution in [3.63, 3.8) is 0 Å². The van der Waals surface area contributed by atoms with Crippen molar-refractivity contribution >= 4 is 10.0 Å². The van der Waals surface area contributed by atoms with Gasteiger partial charge in [0, 0.05) is 6.20 Å². The van der Waals surface area contributed by atoms with E-state index >= 15 is 0 Å². The maximum atomic E-state index is 11.1. The summed E-state index contributed by atoms with van der Waals surface area (Å²) in [5, 5.41) is 6.34. The maximum absolute atomic E-state index is 11.1. The van der Waals surface area contributed by atoms with Crippen molar-refractivity contribution in [3.05, 3.63) is 30.6 Å². The van der Waals surface area contributed by atoms with Crippen LogP contribution in [0, 0.1) is 0 Å². The second kappa shape index (κ2) is 4.20. The van der Waals surface area contributed by atoms with E-state index in [0.29, 0.717) is 0 Å². The van der Waals surface area contributed by atoms with Crippen LogP contribution in [-0.4, -0.2) is 24.4 Å². The quantitative estimate of drug-likeness (QED) is 0.659. The van der Waals surface area contributed by atoms with Crippen LogP contribution < -0.4 is 4.72 Å². The van der Waals surface area contributed by atoms with Gasteiger partial charge in [-0.1, -0.05) is 6.08 Å². The first-order valence-electron chi connectivity index (χ1n) is 3.70. The van der Waals surface area contributed by atoms with Crippen LogP contribution in [0.25, 0.3) is 0 Å². The third kappa shape index (κ3) is 3.39. The van der Waals surface area contributed by atoms with Gasteiger partial charge in [-0.2, -0.15) is 5.10 Å². The minimum absolute atomic E-state index is 0.0683. The Kier molecular flexibility index (Phi) is 3.21. The summed E-state index contributed by atoms with van der Waals surface area (Å²) in [6.45, 7) is 3.58. The van der Waals surface area contributed by atoms with Crippen molar-refractivity contribution < 1.29 is 8.42 Å². The summed E-state index contributed by atoms with van der Waals surface area (Å²) < 4.78 is 24.6. The van der Waals surface area contributed by atoms with Crippen molar-refractivity contribution in [2.24, 2.45) is 0 Å². The Morgan fingerprint density at radius 2 is 2.46 bits per heavy atom. The Morgan fingerprint density at radius 1 is 1.69 bits per heavy atom. The standard InChI is InChI=1S/C7H11N3O2S/c1-2-5-13(11,12)9-6-7-3-4-8-10-7/h2-4,9H,1,5-6H2,(H,8,10). The highest BCUT2D eigenvalue weighted by Gasteiger charge is 2.06. The van der Waals surface area contributed by atoms with Gasteiger partial charge in [0.2, 0.25) is 10.0 Å². The molecule has 0 amide bonds. The molecule has 0 aliphatic rings. The van der Waals surface area contributed by atoms with Gasteiger partial charge in [0.25, 0.3) is 0 Å². The minimum atomic E-state index is -3.22. The molecule has 0 unspecified atom stereocenters. The lowest BCUT2D eigenvalue weighted by atomic mass is 10.4. The van der Waals surface area contributed by atoms with E-state index in [1.807, 2.05) is 0 Å². The van der Waals surface area contributed by atoms with Gasteiger partial charge in [-0.25, -0.2) is 13.1 Å². The zero-order chi connectivity index (χ0) is 9.73. The Bertz CT molecular complexity index is 355. The third-order valence-corrected chi connectivity index (χ3v) is 2.64. The molecule has 0 saturated carbocycles. The summed E-state index contributed by atoms with van der Waals surface area (Å²) in [7, 11) is -3.22. The average molecular weight is 201 g/mol. The molecule has 1 aromatic heterocycles. The first-order chi connectivity index (χ1) is 6.14. The van der Waals surface area contributed by atoms with Crippen molar-refractivity contribution in [3.8, 4) is 0 Å². The van der Waals surface area contributed by atoms with Gasteiger partial charge in [-0.3, -0.25) is 5.10 Å². The lowest BCUT2D eigenvalue weighted by molar-refractivity contribution is 0.583. The van der Waals surface area contributed by atoms with Crippen LogP contribution in [0.3, 0.4) is 0 Å². The van der Waals surface area contributed by atoms with Crippen LogP contribution in [0.2, 0.25) is 0 Å². The third-order valence-electron chi connectivity index (χ3n) is 1.38. The van der Waals surface area contributed by atoms with E-state index in [0.717, 1.165) is 5.69 Å². The summed E-state index contributed by atoms with van der Waals surface area (Å²) in [4.78, 5) is 0. The number of rotatable bonds is 5. The highest BCUT2D eigenvalue weighted by atomic mass is 32.2. The molecule has 5 nitrogen and oxygen atoms in total. The smallest absolute Gasteiger partial charge is 0.215 e. The van der Waals surface area contributed by atoms with Crippen LogP contribution in [0.15, 0.2) is 24.9 Å². The van der Waals surface area contributed by atoms with E-state index in [-0.39, 0.29) is 12.3 Å². The second-order valence-corrected chi connectivity index (χ2v) is 4.32. The van der Waals surface area contributed by atoms with Crippen molar-refractivity contribution in [1.82, 2.24) is 14.9 Å². The van der Waals surface area contributed by atoms with Crippen LogP contribution in [0.4, 0.5) is 0 Å². The molecule has 13 heavy (non-hydrogen) atoms. The van der Waals surface area contributed by atoms with Gasteiger partial charge in [0.05, 0.1) is 18.0 Å². The van der Waals surface area contributed by atoms with Crippen molar-refractivity contribution in [1.29, 1.82) is 0 Å². The van der Waals surface area contributed by atoms with Gasteiger partial charge in [0.15, 0.2) is 0 Å². The second-order valence-electron chi connectivity index (χ2n) is 2.47. The lowest BCUT2D eigenvalue weighted by Gasteiger charge is -2.01. The molecule has 0 aromatic carbocycles. The molecule has 0 spiro atoms. The fourth-order valence-electron chi connectivity index (χ4n) is 0.785. The highest BCUT2D eigenvalue weighted by molar-refractivity contribution is 7.89. The number of nitrogens with zero attached hydrogens (tertiary/aromatic N) is 1. The molecule has 0 bridgehead atoms. The van der Waals surface area contributed by atoms with Gasteiger partial charge < -0.3 is 0 Å². The zero-order valence-corrected chi connectivity index (χ0v) is 7.84. The number of hydrogen-bond donors (Lipinski definition) is 2. The summed E-state index contributed by atoms with van der Waals surface area (Å²) in [5.41, 5.74) is 0.729. The van der Waals surface area contributed by atoms with Crippen molar-refractivity contribution in [2.75, 3.05) is 5.75 Å². The predicted octanol–water partition coefficient (Wildman–Crippen LogP) is 0.0151. The summed E-state index contributed by atoms with van der Waals surface area (Å²) >= 11 is 0. The van der Waals surface area contributed by atoms with Gasteiger partial charge in [-0.15, -0.1) is 6.58 Å². The molecule has 6 heteroatoms.